The van der Waals surface area contributed by atoms with Crippen molar-refractivity contribution in [3.8, 4) is 0 Å². The molecule has 9 N–H and O–H groups in total. The monoisotopic (exact) mass is 598 g/mol. The summed E-state index contributed by atoms with van der Waals surface area (Å²) < 4.78 is 0. The summed E-state index contributed by atoms with van der Waals surface area (Å²) in [5.74, 6) is -1.61. The summed E-state index contributed by atoms with van der Waals surface area (Å²) in [7, 11) is 0. The van der Waals surface area contributed by atoms with Gasteiger partial charge in [-0.1, -0.05) is 98.1 Å². The van der Waals surface area contributed by atoms with Crippen LogP contribution in [0.2, 0.25) is 0 Å². The average Bonchev–Trinajstić information content (AvgIpc) is 3.02. The van der Waals surface area contributed by atoms with E-state index in [4.69, 9.17) is 32.2 Å². The van der Waals surface area contributed by atoms with Crippen LogP contribution >= 0.6 is 0 Å². The molecule has 0 saturated heterocycles. The van der Waals surface area contributed by atoms with Crippen molar-refractivity contribution in [1.82, 2.24) is 10.6 Å². The Labute approximate surface area is 258 Å². The van der Waals surface area contributed by atoms with Crippen molar-refractivity contribution in [1.29, 1.82) is 10.8 Å². The third kappa shape index (κ3) is 10.4. The first-order valence-electron chi connectivity index (χ1n) is 14.7. The highest BCUT2D eigenvalue weighted by molar-refractivity contribution is 5.95. The Balaban J connectivity index is 0.00000124. The van der Waals surface area contributed by atoms with Gasteiger partial charge in [-0.15, -0.1) is 0 Å². The van der Waals surface area contributed by atoms with Crippen molar-refractivity contribution in [3.63, 3.8) is 0 Å². The number of carbonyl (C=O) groups is 3. The van der Waals surface area contributed by atoms with Gasteiger partial charge in [-0.3, -0.25) is 25.2 Å². The Morgan fingerprint density at radius 3 is 1.80 bits per heavy atom. The average molecular weight is 599 g/mol. The molecule has 4 rings (SSSR count). The molecule has 1 aliphatic rings. The fourth-order valence-electron chi connectivity index (χ4n) is 5.32. The lowest BCUT2D eigenvalue weighted by atomic mass is 9.82. The van der Waals surface area contributed by atoms with Gasteiger partial charge in [-0.25, -0.2) is 0 Å². The van der Waals surface area contributed by atoms with Crippen LogP contribution in [0.3, 0.4) is 0 Å². The predicted molar refractivity (Wildman–Crippen MR) is 171 cm³/mol. The number of rotatable bonds is 11. The second-order valence-electron chi connectivity index (χ2n) is 11.0. The predicted octanol–water partition coefficient (Wildman–Crippen LogP) is 4.05. The first kappa shape index (κ1) is 33.5. The van der Waals surface area contributed by atoms with E-state index in [1.807, 2.05) is 54.6 Å². The molecule has 1 unspecified atom stereocenters. The fraction of sp³-hybridized carbons (Fsp3) is 0.324. The van der Waals surface area contributed by atoms with Crippen molar-refractivity contribution in [2.75, 3.05) is 0 Å². The van der Waals surface area contributed by atoms with Gasteiger partial charge in [0.25, 0.3) is 5.97 Å². The molecule has 232 valence electrons. The minimum Gasteiger partial charge on any atom is -0.481 e. The van der Waals surface area contributed by atoms with Gasteiger partial charge in [0.1, 0.15) is 17.7 Å². The number of nitrogens with two attached hydrogens (primary N) is 2. The number of hydrogen-bond acceptors (Lipinski definition) is 5. The van der Waals surface area contributed by atoms with Crippen molar-refractivity contribution < 1.29 is 19.5 Å². The molecular weight excluding hydrogens is 556 g/mol. The van der Waals surface area contributed by atoms with Gasteiger partial charge in [0, 0.05) is 24.6 Å². The van der Waals surface area contributed by atoms with Gasteiger partial charge >= 0.3 is 0 Å². The first-order chi connectivity index (χ1) is 21.0. The summed E-state index contributed by atoms with van der Waals surface area (Å²) >= 11 is 0. The number of carboxylic acid groups (broad SMARTS) is 1. The molecule has 1 aliphatic carbocycles. The largest absolute Gasteiger partial charge is 0.481 e. The highest BCUT2D eigenvalue weighted by atomic mass is 16.4. The summed E-state index contributed by atoms with van der Waals surface area (Å²) in [5, 5.41) is 28.8. The molecule has 0 spiro atoms. The molecule has 3 aromatic carbocycles. The molecule has 3 aromatic rings. The maximum absolute atomic E-state index is 13.9. The van der Waals surface area contributed by atoms with Gasteiger partial charge in [0.2, 0.25) is 11.8 Å². The minimum atomic E-state index is -0.833. The molecule has 2 atom stereocenters. The Hall–Kier alpha value is -4.99. The molecule has 0 bridgehead atoms. The molecular formula is C34H42N6O4. The highest BCUT2D eigenvalue weighted by Gasteiger charge is 2.33. The van der Waals surface area contributed by atoms with Crippen LogP contribution in [0.5, 0.6) is 0 Å². The van der Waals surface area contributed by atoms with Crippen LogP contribution in [-0.4, -0.2) is 40.6 Å². The zero-order valence-corrected chi connectivity index (χ0v) is 25.0. The van der Waals surface area contributed by atoms with Gasteiger partial charge in [0.15, 0.2) is 0 Å². The van der Waals surface area contributed by atoms with E-state index in [-0.39, 0.29) is 29.4 Å². The van der Waals surface area contributed by atoms with E-state index >= 15 is 0 Å². The number of benzene rings is 3. The molecule has 2 amide bonds. The second-order valence-corrected chi connectivity index (χ2v) is 11.0. The summed E-state index contributed by atoms with van der Waals surface area (Å²) in [5.41, 5.74) is 15.1. The zero-order chi connectivity index (χ0) is 32.1. The molecule has 10 heteroatoms. The van der Waals surface area contributed by atoms with Gasteiger partial charge in [0.05, 0.1) is 5.92 Å². The second kappa shape index (κ2) is 16.6. The van der Waals surface area contributed by atoms with Crippen molar-refractivity contribution in [2.45, 2.75) is 64.0 Å². The molecule has 0 radical (unpaired) electrons. The van der Waals surface area contributed by atoms with E-state index in [9.17, 15) is 9.59 Å². The van der Waals surface area contributed by atoms with Gasteiger partial charge in [-0.05, 0) is 41.9 Å². The van der Waals surface area contributed by atoms with Crippen molar-refractivity contribution in [2.24, 2.45) is 17.4 Å². The van der Waals surface area contributed by atoms with E-state index < -0.39 is 17.9 Å². The lowest BCUT2D eigenvalue weighted by Gasteiger charge is -2.31. The van der Waals surface area contributed by atoms with Gasteiger partial charge in [-0.2, -0.15) is 0 Å². The standard InChI is InChI=1S/C32H38N6O2.C2H4O2/c33-29(34)25-15-11-21(12-16-25)19-27(23-7-3-1-4-8-23)31(39)38-28(24-9-5-2-6-10-24)32(40)37-20-22-13-17-26(18-14-22)30(35)36;1-2(3)4/h1,3-4,7-8,11-18,24,27-28H,2,5-6,9-10,19-20H2,(H3,33,34)(H3,35,36)(H,37,40)(H,38,39);1H3,(H,3,4)/t27?,28-;/m0./s1. The number of amides is 2. The smallest absolute Gasteiger partial charge is 0.300 e. The number of amidine groups is 2. The van der Waals surface area contributed by atoms with Crippen molar-refractivity contribution in [3.05, 3.63) is 107 Å². The number of aliphatic carboxylic acids is 1. The third-order valence-corrected chi connectivity index (χ3v) is 7.66. The highest BCUT2D eigenvalue weighted by Crippen LogP contribution is 2.28. The number of nitrogens with one attached hydrogen (secondary N) is 4. The summed E-state index contributed by atoms with van der Waals surface area (Å²) in [6.07, 6.45) is 5.48. The number of hydrogen-bond donors (Lipinski definition) is 7. The Bertz CT molecular complexity index is 1410. The Morgan fingerprint density at radius 1 is 0.795 bits per heavy atom. The van der Waals surface area contributed by atoms with Crippen LogP contribution in [-0.2, 0) is 27.3 Å². The first-order valence-corrected chi connectivity index (χ1v) is 14.7. The number of nitrogen functional groups attached to an aromatic ring is 2. The summed E-state index contributed by atoms with van der Waals surface area (Å²) in [4.78, 5) is 36.4. The third-order valence-electron chi connectivity index (χ3n) is 7.66. The molecule has 1 saturated carbocycles. The molecule has 10 nitrogen and oxygen atoms in total. The van der Waals surface area contributed by atoms with Crippen LogP contribution in [0.25, 0.3) is 0 Å². The van der Waals surface area contributed by atoms with E-state index in [0.29, 0.717) is 24.1 Å². The van der Waals surface area contributed by atoms with Crippen LogP contribution in [0.15, 0.2) is 78.9 Å². The molecule has 44 heavy (non-hydrogen) atoms. The Kier molecular flexibility index (Phi) is 12.6. The number of carboxylic acids is 1. The van der Waals surface area contributed by atoms with Gasteiger partial charge < -0.3 is 27.2 Å². The number of carbonyl (C=O) groups excluding carboxylic acids is 2. The summed E-state index contributed by atoms with van der Waals surface area (Å²) in [6.45, 7) is 1.40. The van der Waals surface area contributed by atoms with Crippen molar-refractivity contribution >= 4 is 29.5 Å². The van der Waals surface area contributed by atoms with E-state index in [1.54, 1.807) is 24.3 Å². The minimum absolute atomic E-state index is 0.0000315. The zero-order valence-electron chi connectivity index (χ0n) is 25.0. The van der Waals surface area contributed by atoms with E-state index in [1.165, 1.54) is 0 Å². The maximum Gasteiger partial charge on any atom is 0.300 e. The van der Waals surface area contributed by atoms with Crippen LogP contribution in [0.1, 0.15) is 72.8 Å². The summed E-state index contributed by atoms with van der Waals surface area (Å²) in [6, 6.07) is 23.6. The van der Waals surface area contributed by atoms with Crippen LogP contribution in [0, 0.1) is 16.7 Å². The molecule has 1 fully saturated rings. The fourth-order valence-corrected chi connectivity index (χ4v) is 5.32. The Morgan fingerprint density at radius 2 is 1.30 bits per heavy atom. The maximum atomic E-state index is 13.9. The molecule has 0 aromatic heterocycles. The van der Waals surface area contributed by atoms with Crippen LogP contribution in [0.4, 0.5) is 0 Å². The van der Waals surface area contributed by atoms with E-state index in [0.717, 1.165) is 55.7 Å². The van der Waals surface area contributed by atoms with E-state index in [2.05, 4.69) is 10.6 Å². The lowest BCUT2D eigenvalue weighted by molar-refractivity contribution is -0.134. The van der Waals surface area contributed by atoms with Crippen LogP contribution < -0.4 is 22.1 Å². The molecule has 0 heterocycles. The lowest BCUT2D eigenvalue weighted by Crippen LogP contribution is -2.52. The molecule has 0 aliphatic heterocycles. The SMILES string of the molecule is CC(=O)O.N=C(N)c1ccc(CNC(=O)[C@@H](NC(=O)C(Cc2ccc(C(=N)N)cc2)c2ccccc2)C2CCCCC2)cc1. The normalized spacial score (nSPS) is 14.2. The topological polar surface area (TPSA) is 195 Å². The quantitative estimate of drug-likeness (QED) is 0.128.